The lowest BCUT2D eigenvalue weighted by Gasteiger charge is -2.28. The predicted molar refractivity (Wildman–Crippen MR) is 74.9 cm³/mol. The van der Waals surface area contributed by atoms with Crippen molar-refractivity contribution in [1.82, 2.24) is 4.90 Å². The van der Waals surface area contributed by atoms with Crippen molar-refractivity contribution in [3.05, 3.63) is 29.8 Å². The van der Waals surface area contributed by atoms with Crippen LogP contribution in [0.3, 0.4) is 0 Å². The first-order valence-corrected chi connectivity index (χ1v) is 6.85. The Bertz CT molecular complexity index is 500. The summed E-state index contributed by atoms with van der Waals surface area (Å²) in [5.41, 5.74) is 1.06. The second kappa shape index (κ2) is 5.53. The Kier molecular flexibility index (Phi) is 3.58. The van der Waals surface area contributed by atoms with Gasteiger partial charge in [0, 0.05) is 6.54 Å². The summed E-state index contributed by atoms with van der Waals surface area (Å²) in [4.78, 5) is 17.4. The van der Waals surface area contributed by atoms with Crippen molar-refractivity contribution in [3.63, 3.8) is 0 Å². The molecule has 20 heavy (non-hydrogen) atoms. The van der Waals surface area contributed by atoms with Crippen molar-refractivity contribution in [2.45, 2.75) is 31.0 Å². The Labute approximate surface area is 118 Å². The molecule has 0 aromatic heterocycles. The molecule has 1 saturated heterocycles. The minimum atomic E-state index is -0.119. The Morgan fingerprint density at radius 1 is 1.40 bits per heavy atom. The monoisotopic (exact) mass is 274 g/mol. The van der Waals surface area contributed by atoms with Crippen molar-refractivity contribution in [1.29, 1.82) is 0 Å². The molecule has 2 heterocycles. The zero-order valence-electron chi connectivity index (χ0n) is 11.4. The van der Waals surface area contributed by atoms with Crippen molar-refractivity contribution >= 4 is 12.8 Å². The van der Waals surface area contributed by atoms with Crippen molar-refractivity contribution in [3.8, 4) is 5.75 Å². The van der Waals surface area contributed by atoms with E-state index in [1.165, 1.54) is 6.40 Å². The number of benzene rings is 1. The first-order valence-electron chi connectivity index (χ1n) is 6.85. The molecule has 0 saturated carbocycles. The highest BCUT2D eigenvalue weighted by molar-refractivity contribution is 5.53. The normalized spacial score (nSPS) is 28.4. The summed E-state index contributed by atoms with van der Waals surface area (Å²) in [6.45, 7) is 0.815. The maximum absolute atomic E-state index is 11.1. The van der Waals surface area contributed by atoms with Crippen LogP contribution in [0.5, 0.6) is 5.75 Å². The zero-order valence-corrected chi connectivity index (χ0v) is 11.4. The van der Waals surface area contributed by atoms with Crippen LogP contribution >= 0.6 is 0 Å². The number of aliphatic imine (C=N–C) groups is 1. The van der Waals surface area contributed by atoms with Crippen LogP contribution in [0.25, 0.3) is 0 Å². The molecule has 0 N–H and O–H groups in total. The molecule has 2 aliphatic rings. The molecule has 0 spiro atoms. The minimum Gasteiger partial charge on any atom is -0.497 e. The van der Waals surface area contributed by atoms with Crippen LogP contribution in [0.4, 0.5) is 0 Å². The number of carbonyl (C=O) groups excluding carboxylic acids is 1. The lowest BCUT2D eigenvalue weighted by Crippen LogP contribution is -2.39. The topological polar surface area (TPSA) is 51.1 Å². The third-order valence-electron chi connectivity index (χ3n) is 4.07. The van der Waals surface area contributed by atoms with E-state index in [2.05, 4.69) is 4.99 Å². The minimum absolute atomic E-state index is 0.0175. The van der Waals surface area contributed by atoms with Gasteiger partial charge in [0.15, 0.2) is 6.40 Å². The van der Waals surface area contributed by atoms with Crippen molar-refractivity contribution in [2.75, 3.05) is 13.7 Å². The molecule has 5 nitrogen and oxygen atoms in total. The van der Waals surface area contributed by atoms with E-state index in [0.717, 1.165) is 37.1 Å². The highest BCUT2D eigenvalue weighted by atomic mass is 16.5. The van der Waals surface area contributed by atoms with Crippen molar-refractivity contribution < 1.29 is 14.3 Å². The van der Waals surface area contributed by atoms with E-state index in [-0.39, 0.29) is 18.2 Å². The van der Waals surface area contributed by atoms with Gasteiger partial charge in [-0.25, -0.2) is 4.99 Å². The highest BCUT2D eigenvalue weighted by Crippen LogP contribution is 2.34. The molecule has 0 aliphatic carbocycles. The number of hydrogen-bond donors (Lipinski definition) is 0. The lowest BCUT2D eigenvalue weighted by molar-refractivity contribution is -0.119. The van der Waals surface area contributed by atoms with Gasteiger partial charge in [-0.05, 0) is 30.5 Å². The number of likely N-dealkylation sites (tertiary alicyclic amines) is 1. The quantitative estimate of drug-likeness (QED) is 0.786. The Morgan fingerprint density at radius 2 is 2.20 bits per heavy atom. The van der Waals surface area contributed by atoms with E-state index in [1.807, 2.05) is 29.2 Å². The van der Waals surface area contributed by atoms with Gasteiger partial charge in [-0.1, -0.05) is 12.1 Å². The summed E-state index contributed by atoms with van der Waals surface area (Å²) in [6.07, 6.45) is 4.34. The average Bonchev–Trinajstić information content (AvgIpc) is 3.15. The van der Waals surface area contributed by atoms with Crippen LogP contribution < -0.4 is 4.74 Å². The zero-order chi connectivity index (χ0) is 13.9. The molecule has 1 aromatic rings. The molecule has 1 amide bonds. The van der Waals surface area contributed by atoms with Gasteiger partial charge < -0.3 is 14.4 Å². The van der Waals surface area contributed by atoms with Crippen LogP contribution in [-0.4, -0.2) is 43.4 Å². The maximum atomic E-state index is 11.1. The average molecular weight is 274 g/mol. The van der Waals surface area contributed by atoms with E-state index >= 15 is 0 Å². The van der Waals surface area contributed by atoms with Crippen LogP contribution in [0.1, 0.15) is 24.5 Å². The van der Waals surface area contributed by atoms with Crippen LogP contribution in [0.2, 0.25) is 0 Å². The molecule has 1 fully saturated rings. The number of rotatable bonds is 4. The predicted octanol–water partition coefficient (Wildman–Crippen LogP) is 1.78. The second-order valence-electron chi connectivity index (χ2n) is 5.13. The first kappa shape index (κ1) is 13.0. The van der Waals surface area contributed by atoms with Gasteiger partial charge in [-0.15, -0.1) is 0 Å². The van der Waals surface area contributed by atoms with E-state index in [0.29, 0.717) is 0 Å². The Morgan fingerprint density at radius 3 is 2.90 bits per heavy atom. The van der Waals surface area contributed by atoms with Crippen LogP contribution in [0, 0.1) is 0 Å². The number of nitrogens with zero attached hydrogens (tertiary/aromatic N) is 2. The summed E-state index contributed by atoms with van der Waals surface area (Å²) in [6, 6.07) is 7.94. The molecule has 3 rings (SSSR count). The number of methoxy groups -OCH3 is 1. The fourth-order valence-corrected chi connectivity index (χ4v) is 3.01. The molecule has 3 atom stereocenters. The van der Waals surface area contributed by atoms with Gasteiger partial charge in [-0.2, -0.15) is 0 Å². The summed E-state index contributed by atoms with van der Waals surface area (Å²) in [5, 5.41) is 0. The van der Waals surface area contributed by atoms with Gasteiger partial charge in [0.25, 0.3) is 0 Å². The number of ether oxygens (including phenoxy) is 2. The summed E-state index contributed by atoms with van der Waals surface area (Å²) in [5.74, 6) is 0.819. The summed E-state index contributed by atoms with van der Waals surface area (Å²) < 4.78 is 10.8. The SMILES string of the molecule is COc1ccc(C2OC=NC2C2CCCN2C=O)cc1. The van der Waals surface area contributed by atoms with Gasteiger partial charge in [0.05, 0.1) is 13.2 Å². The van der Waals surface area contributed by atoms with Gasteiger partial charge in [0.2, 0.25) is 6.41 Å². The van der Waals surface area contributed by atoms with Gasteiger partial charge in [0.1, 0.15) is 17.9 Å². The summed E-state index contributed by atoms with van der Waals surface area (Å²) in [7, 11) is 1.65. The second-order valence-corrected chi connectivity index (χ2v) is 5.13. The lowest BCUT2D eigenvalue weighted by atomic mass is 9.95. The fraction of sp³-hybridized carbons (Fsp3) is 0.467. The van der Waals surface area contributed by atoms with Gasteiger partial charge in [-0.3, -0.25) is 4.79 Å². The van der Waals surface area contributed by atoms with E-state index in [4.69, 9.17) is 9.47 Å². The number of carbonyl (C=O) groups is 1. The molecule has 0 radical (unpaired) electrons. The third-order valence-corrected chi connectivity index (χ3v) is 4.07. The van der Waals surface area contributed by atoms with E-state index in [9.17, 15) is 4.79 Å². The Hall–Kier alpha value is -2.04. The molecule has 5 heteroatoms. The summed E-state index contributed by atoms with van der Waals surface area (Å²) >= 11 is 0. The maximum Gasteiger partial charge on any atom is 0.210 e. The highest BCUT2D eigenvalue weighted by Gasteiger charge is 2.39. The number of hydrogen-bond acceptors (Lipinski definition) is 4. The standard InChI is InChI=1S/C15H18N2O3/c1-19-12-6-4-11(5-7-12)15-14(16-9-20-15)13-3-2-8-17(13)10-18/h4-7,9-10,13-15H,2-3,8H2,1H3. The largest absolute Gasteiger partial charge is 0.497 e. The molecule has 2 aliphatic heterocycles. The molecular formula is C15H18N2O3. The molecule has 0 bridgehead atoms. The van der Waals surface area contributed by atoms with Crippen LogP contribution in [0.15, 0.2) is 29.3 Å². The third kappa shape index (κ3) is 2.24. The van der Waals surface area contributed by atoms with Gasteiger partial charge >= 0.3 is 0 Å². The molecule has 106 valence electrons. The fourth-order valence-electron chi connectivity index (χ4n) is 3.01. The first-order chi connectivity index (χ1) is 9.83. The molecular weight excluding hydrogens is 256 g/mol. The smallest absolute Gasteiger partial charge is 0.210 e. The molecule has 1 aromatic carbocycles. The van der Waals surface area contributed by atoms with E-state index < -0.39 is 0 Å². The van der Waals surface area contributed by atoms with Crippen molar-refractivity contribution in [2.24, 2.45) is 4.99 Å². The Balaban J connectivity index is 1.80. The van der Waals surface area contributed by atoms with Crippen LogP contribution in [-0.2, 0) is 9.53 Å². The number of amides is 1. The molecule has 3 unspecified atom stereocenters. The van der Waals surface area contributed by atoms with E-state index in [1.54, 1.807) is 7.11 Å².